The fourth-order valence-corrected chi connectivity index (χ4v) is 6.69. The number of nitrogen functional groups attached to an aromatic ring is 1. The molecule has 186 valence electrons. The Hall–Kier alpha value is -3.26. The predicted octanol–water partition coefficient (Wildman–Crippen LogP) is 2.66. The van der Waals surface area contributed by atoms with E-state index < -0.39 is 0 Å². The van der Waals surface area contributed by atoms with Crippen molar-refractivity contribution in [2.75, 3.05) is 36.8 Å². The first kappa shape index (κ1) is 23.2. The molecule has 6 rings (SSSR count). The number of nitriles is 1. The number of nitrogens with zero attached hydrogens (tertiary/aromatic N) is 3. The van der Waals surface area contributed by atoms with E-state index in [0.29, 0.717) is 59.7 Å². The van der Waals surface area contributed by atoms with Gasteiger partial charge in [0, 0.05) is 43.3 Å². The van der Waals surface area contributed by atoms with E-state index in [4.69, 9.17) is 10.5 Å². The molecule has 2 bridgehead atoms. The van der Waals surface area contributed by atoms with Gasteiger partial charge in [-0.1, -0.05) is 0 Å². The highest BCUT2D eigenvalue weighted by atomic mass is 32.1. The number of anilines is 2. The van der Waals surface area contributed by atoms with Crippen LogP contribution in [0.1, 0.15) is 38.5 Å². The lowest BCUT2D eigenvalue weighted by Gasteiger charge is -2.43. The van der Waals surface area contributed by atoms with Gasteiger partial charge in [0.25, 0.3) is 5.91 Å². The highest BCUT2D eigenvalue weighted by molar-refractivity contribution is 7.21. The summed E-state index contributed by atoms with van der Waals surface area (Å²) in [4.78, 5) is 20.8. The van der Waals surface area contributed by atoms with Crippen LogP contribution >= 0.6 is 11.3 Å². The molecule has 1 aromatic carbocycles. The van der Waals surface area contributed by atoms with Gasteiger partial charge in [0.15, 0.2) is 0 Å². The van der Waals surface area contributed by atoms with Crippen LogP contribution in [0.15, 0.2) is 18.2 Å². The van der Waals surface area contributed by atoms with Crippen LogP contribution in [0.5, 0.6) is 0 Å². The molecule has 2 aliphatic heterocycles. The largest absolute Gasteiger partial charge is 0.397 e. The Morgan fingerprint density at radius 2 is 2.11 bits per heavy atom. The van der Waals surface area contributed by atoms with Gasteiger partial charge < -0.3 is 26.0 Å². The van der Waals surface area contributed by atoms with Crippen molar-refractivity contribution in [3.8, 4) is 6.07 Å². The standard InChI is InChI=1S/C26H27FN6O2S/c1-13-2-4-18-23(29)24(36-26(18)31-13)25(34)32-14-3-5-17-19(6-14)21(27)7-22(20(17)8-28)33-11-15-9-30-10-16(12-33)35-15/h2,4,7,14-16,30H,3,5-6,9-12,29H2,1H3,(H,32,34)/t14-,15?,16?/m1/s1. The summed E-state index contributed by atoms with van der Waals surface area (Å²) in [6.07, 6.45) is 1.54. The molecule has 2 aromatic heterocycles. The van der Waals surface area contributed by atoms with Crippen LogP contribution in [-0.4, -0.2) is 55.3 Å². The molecule has 3 aromatic rings. The van der Waals surface area contributed by atoms with Crippen molar-refractivity contribution in [3.05, 3.63) is 51.3 Å². The first-order chi connectivity index (χ1) is 17.4. The minimum Gasteiger partial charge on any atom is -0.397 e. The normalized spacial score (nSPS) is 23.2. The van der Waals surface area contributed by atoms with Crippen molar-refractivity contribution in [1.29, 1.82) is 5.26 Å². The summed E-state index contributed by atoms with van der Waals surface area (Å²) < 4.78 is 21.4. The maximum Gasteiger partial charge on any atom is 0.263 e. The Balaban J connectivity index is 1.24. The maximum atomic E-state index is 15.4. The number of hydrogen-bond donors (Lipinski definition) is 3. The van der Waals surface area contributed by atoms with E-state index in [9.17, 15) is 10.1 Å². The van der Waals surface area contributed by atoms with Crippen molar-refractivity contribution >= 4 is 38.8 Å². The summed E-state index contributed by atoms with van der Waals surface area (Å²) in [6.45, 7) is 4.65. The van der Waals surface area contributed by atoms with Gasteiger partial charge in [0.05, 0.1) is 29.1 Å². The first-order valence-corrected chi connectivity index (χ1v) is 13.0. The molecule has 0 radical (unpaired) electrons. The first-order valence-electron chi connectivity index (χ1n) is 12.2. The number of benzene rings is 1. The van der Waals surface area contributed by atoms with Crippen LogP contribution < -0.4 is 21.3 Å². The molecule has 10 heteroatoms. The molecule has 36 heavy (non-hydrogen) atoms. The number of nitrogens with one attached hydrogen (secondary N) is 2. The third-order valence-corrected chi connectivity index (χ3v) is 8.49. The number of ether oxygens (including phenoxy) is 1. The predicted molar refractivity (Wildman–Crippen MR) is 137 cm³/mol. The number of halogens is 1. The van der Waals surface area contributed by atoms with Crippen molar-refractivity contribution in [3.63, 3.8) is 0 Å². The Labute approximate surface area is 212 Å². The average molecular weight is 507 g/mol. The number of nitrogens with two attached hydrogens (primary N) is 1. The van der Waals surface area contributed by atoms with E-state index in [1.807, 2.05) is 19.1 Å². The van der Waals surface area contributed by atoms with E-state index in [0.717, 1.165) is 34.6 Å². The van der Waals surface area contributed by atoms with Crippen LogP contribution in [-0.2, 0) is 17.6 Å². The lowest BCUT2D eigenvalue weighted by Crippen LogP contribution is -2.58. The number of carbonyl (C=O) groups is 1. The van der Waals surface area contributed by atoms with Gasteiger partial charge in [0.1, 0.15) is 21.6 Å². The number of amides is 1. The zero-order valence-electron chi connectivity index (χ0n) is 19.9. The number of fused-ring (bicyclic) bond motifs is 4. The SMILES string of the molecule is Cc1ccc2c(N)c(C(=O)N[C@@H]3CCc4c(C#N)c(N5CC6CNCC(C5)O6)cc(F)c4C3)sc2n1. The van der Waals surface area contributed by atoms with E-state index in [1.54, 1.807) is 0 Å². The minimum absolute atomic E-state index is 0.0307. The van der Waals surface area contributed by atoms with Crippen LogP contribution in [0.2, 0.25) is 0 Å². The third-order valence-electron chi connectivity index (χ3n) is 7.37. The second kappa shape index (κ2) is 9.00. The van der Waals surface area contributed by atoms with Crippen LogP contribution in [0, 0.1) is 24.1 Å². The summed E-state index contributed by atoms with van der Waals surface area (Å²) in [5.74, 6) is -0.596. The molecule has 4 heterocycles. The monoisotopic (exact) mass is 506 g/mol. The number of carbonyl (C=O) groups excluding carboxylic acids is 1. The van der Waals surface area contributed by atoms with E-state index in [-0.39, 0.29) is 30.0 Å². The summed E-state index contributed by atoms with van der Waals surface area (Å²) in [7, 11) is 0. The number of aromatic nitrogens is 1. The minimum atomic E-state index is -0.325. The Morgan fingerprint density at radius 1 is 1.33 bits per heavy atom. The van der Waals surface area contributed by atoms with Crippen LogP contribution in [0.4, 0.5) is 15.8 Å². The Bertz CT molecular complexity index is 1400. The number of hydrogen-bond acceptors (Lipinski definition) is 8. The molecule has 4 N–H and O–H groups in total. The van der Waals surface area contributed by atoms with E-state index >= 15 is 4.39 Å². The molecule has 1 amide bonds. The maximum absolute atomic E-state index is 15.4. The quantitative estimate of drug-likeness (QED) is 0.500. The van der Waals surface area contributed by atoms with Gasteiger partial charge in [-0.25, -0.2) is 9.37 Å². The zero-order valence-corrected chi connectivity index (χ0v) is 20.8. The molecule has 2 fully saturated rings. The van der Waals surface area contributed by atoms with E-state index in [1.165, 1.54) is 17.4 Å². The summed E-state index contributed by atoms with van der Waals surface area (Å²) in [5.41, 5.74) is 10.00. The smallest absolute Gasteiger partial charge is 0.263 e. The second-order valence-corrected chi connectivity index (χ2v) is 10.8. The topological polar surface area (TPSA) is 116 Å². The lowest BCUT2D eigenvalue weighted by atomic mass is 9.84. The second-order valence-electron chi connectivity index (χ2n) is 9.83. The Kier molecular flexibility index (Phi) is 5.79. The zero-order chi connectivity index (χ0) is 25.0. The van der Waals surface area contributed by atoms with E-state index in [2.05, 4.69) is 26.6 Å². The molecule has 0 saturated carbocycles. The molecular formula is C26H27FN6O2S. The highest BCUT2D eigenvalue weighted by Gasteiger charge is 2.34. The van der Waals surface area contributed by atoms with Crippen molar-refractivity contribution in [1.82, 2.24) is 15.6 Å². The highest BCUT2D eigenvalue weighted by Crippen LogP contribution is 2.36. The Morgan fingerprint density at radius 3 is 2.86 bits per heavy atom. The van der Waals surface area contributed by atoms with Gasteiger partial charge in [-0.05, 0) is 55.5 Å². The molecule has 0 spiro atoms. The van der Waals surface area contributed by atoms with Crippen molar-refractivity contribution in [2.24, 2.45) is 0 Å². The number of rotatable bonds is 3. The number of thiophene rings is 1. The molecular weight excluding hydrogens is 479 g/mol. The van der Waals surface area contributed by atoms with Crippen LogP contribution in [0.3, 0.4) is 0 Å². The molecule has 8 nitrogen and oxygen atoms in total. The fourth-order valence-electron chi connectivity index (χ4n) is 5.65. The summed E-state index contributed by atoms with van der Waals surface area (Å²) in [6, 6.07) is 7.35. The van der Waals surface area contributed by atoms with Gasteiger partial charge in [-0.15, -0.1) is 11.3 Å². The summed E-state index contributed by atoms with van der Waals surface area (Å²) in [5, 5.41) is 17.2. The molecule has 2 unspecified atom stereocenters. The van der Waals surface area contributed by atoms with Gasteiger partial charge in [-0.3, -0.25) is 4.79 Å². The molecule has 1 aliphatic carbocycles. The lowest BCUT2D eigenvalue weighted by molar-refractivity contribution is -0.0484. The number of aryl methyl sites for hydroxylation is 1. The molecule has 2 saturated heterocycles. The van der Waals surface area contributed by atoms with Crippen LogP contribution in [0.25, 0.3) is 10.2 Å². The third kappa shape index (κ3) is 3.97. The number of morpholine rings is 2. The average Bonchev–Trinajstić information content (AvgIpc) is 3.19. The van der Waals surface area contributed by atoms with Crippen molar-refractivity contribution < 1.29 is 13.9 Å². The number of pyridine rings is 1. The van der Waals surface area contributed by atoms with Gasteiger partial charge in [0.2, 0.25) is 0 Å². The van der Waals surface area contributed by atoms with Gasteiger partial charge in [-0.2, -0.15) is 5.26 Å². The summed E-state index contributed by atoms with van der Waals surface area (Å²) >= 11 is 1.27. The van der Waals surface area contributed by atoms with Crippen molar-refractivity contribution in [2.45, 2.75) is 44.4 Å². The fraction of sp³-hybridized carbons (Fsp3) is 0.423. The van der Waals surface area contributed by atoms with Gasteiger partial charge >= 0.3 is 0 Å². The molecule has 3 aliphatic rings. The molecule has 3 atom stereocenters.